The van der Waals surface area contributed by atoms with E-state index in [4.69, 9.17) is 5.11 Å². The minimum absolute atomic E-state index is 0.0667. The van der Waals surface area contributed by atoms with Crippen molar-refractivity contribution in [2.45, 2.75) is 37.1 Å². The van der Waals surface area contributed by atoms with E-state index in [0.29, 0.717) is 6.42 Å². The van der Waals surface area contributed by atoms with Gasteiger partial charge in [-0.2, -0.15) is 0 Å². The molecular weight excluding hydrogens is 288 g/mol. The minimum Gasteiger partial charge on any atom is -0.396 e. The number of nitrogens with zero attached hydrogens (tertiary/aromatic N) is 1. The molecule has 1 aliphatic rings. The van der Waals surface area contributed by atoms with Crippen LogP contribution in [0.4, 0.5) is 0 Å². The smallest absolute Gasteiger partial charge is 0.240 e. The average molecular weight is 312 g/mol. The predicted molar refractivity (Wildman–Crippen MR) is 82.7 cm³/mol. The topological polar surface area (TPSA) is 69.6 Å². The third-order valence-corrected chi connectivity index (χ3v) is 5.33. The lowest BCUT2D eigenvalue weighted by atomic mass is 10.2. The van der Waals surface area contributed by atoms with Crippen molar-refractivity contribution in [1.82, 2.24) is 9.62 Å². The van der Waals surface area contributed by atoms with E-state index in [1.807, 2.05) is 6.92 Å². The van der Waals surface area contributed by atoms with Gasteiger partial charge in [-0.25, -0.2) is 13.1 Å². The molecule has 0 aromatic heterocycles. The molecule has 0 aliphatic carbocycles. The molecule has 1 saturated heterocycles. The first-order chi connectivity index (χ1) is 10.0. The summed E-state index contributed by atoms with van der Waals surface area (Å²) in [6.45, 7) is 4.83. The van der Waals surface area contributed by atoms with Gasteiger partial charge in [-0.3, -0.25) is 0 Å². The van der Waals surface area contributed by atoms with E-state index in [1.165, 1.54) is 12.8 Å². The quantitative estimate of drug-likeness (QED) is 0.787. The summed E-state index contributed by atoms with van der Waals surface area (Å²) in [7, 11) is -3.47. The molecule has 2 rings (SSSR count). The highest BCUT2D eigenvalue weighted by atomic mass is 32.2. The van der Waals surface area contributed by atoms with Crippen LogP contribution in [0.1, 0.15) is 25.3 Å². The summed E-state index contributed by atoms with van der Waals surface area (Å²) in [5.41, 5.74) is 0.932. The van der Waals surface area contributed by atoms with Crippen LogP contribution in [0.2, 0.25) is 0 Å². The SMILES string of the molecule is CC(CN1CCCC1)NS(=O)(=O)c1ccc(CCO)cc1. The number of sulfonamides is 1. The molecule has 5 nitrogen and oxygen atoms in total. The molecule has 118 valence electrons. The molecule has 0 bridgehead atoms. The Hall–Kier alpha value is -0.950. The number of rotatable bonds is 7. The van der Waals surface area contributed by atoms with Gasteiger partial charge in [0.25, 0.3) is 0 Å². The Morgan fingerprint density at radius 1 is 1.24 bits per heavy atom. The van der Waals surface area contributed by atoms with Crippen molar-refractivity contribution in [3.8, 4) is 0 Å². The molecular formula is C15H24N2O3S. The Morgan fingerprint density at radius 3 is 2.43 bits per heavy atom. The van der Waals surface area contributed by atoms with Crippen LogP contribution in [0.15, 0.2) is 29.2 Å². The van der Waals surface area contributed by atoms with Crippen molar-refractivity contribution in [1.29, 1.82) is 0 Å². The fraction of sp³-hybridized carbons (Fsp3) is 0.600. The zero-order valence-corrected chi connectivity index (χ0v) is 13.3. The van der Waals surface area contributed by atoms with Crippen molar-refractivity contribution < 1.29 is 13.5 Å². The monoisotopic (exact) mass is 312 g/mol. The van der Waals surface area contributed by atoms with Gasteiger partial charge in [0.05, 0.1) is 4.90 Å². The molecule has 6 heteroatoms. The number of hydrogen-bond acceptors (Lipinski definition) is 4. The summed E-state index contributed by atoms with van der Waals surface area (Å²) >= 11 is 0. The lowest BCUT2D eigenvalue weighted by Gasteiger charge is -2.21. The summed E-state index contributed by atoms with van der Waals surface area (Å²) in [4.78, 5) is 2.56. The Kier molecular flexibility index (Phi) is 5.75. The molecule has 0 radical (unpaired) electrons. The van der Waals surface area contributed by atoms with Crippen LogP contribution in [0.25, 0.3) is 0 Å². The normalized spacial score (nSPS) is 18.0. The van der Waals surface area contributed by atoms with Crippen LogP contribution in [-0.2, 0) is 16.4 Å². The highest BCUT2D eigenvalue weighted by Crippen LogP contribution is 2.13. The van der Waals surface area contributed by atoms with E-state index in [2.05, 4.69) is 9.62 Å². The van der Waals surface area contributed by atoms with Gasteiger partial charge >= 0.3 is 0 Å². The van der Waals surface area contributed by atoms with Crippen molar-refractivity contribution >= 4 is 10.0 Å². The summed E-state index contributed by atoms with van der Waals surface area (Å²) < 4.78 is 27.3. The summed E-state index contributed by atoms with van der Waals surface area (Å²) in [5, 5.41) is 8.87. The lowest BCUT2D eigenvalue weighted by molar-refractivity contribution is 0.299. The first kappa shape index (κ1) is 16.4. The number of nitrogens with one attached hydrogen (secondary N) is 1. The summed E-state index contributed by atoms with van der Waals surface area (Å²) in [6.07, 6.45) is 2.94. The van der Waals surface area contributed by atoms with Gasteiger partial charge in [0.2, 0.25) is 10.0 Å². The molecule has 1 aromatic carbocycles. The summed E-state index contributed by atoms with van der Waals surface area (Å²) in [6, 6.07) is 6.57. The maximum absolute atomic E-state index is 12.3. The molecule has 1 aliphatic heterocycles. The number of hydrogen-bond donors (Lipinski definition) is 2. The van der Waals surface area contributed by atoms with E-state index < -0.39 is 10.0 Å². The van der Waals surface area contributed by atoms with Gasteiger partial charge in [0.1, 0.15) is 0 Å². The molecule has 1 unspecified atom stereocenters. The zero-order valence-electron chi connectivity index (χ0n) is 12.5. The minimum atomic E-state index is -3.47. The van der Waals surface area contributed by atoms with Gasteiger partial charge in [-0.05, 0) is 57.0 Å². The molecule has 0 spiro atoms. The number of likely N-dealkylation sites (tertiary alicyclic amines) is 1. The van der Waals surface area contributed by atoms with Crippen LogP contribution < -0.4 is 4.72 Å². The van der Waals surface area contributed by atoms with Gasteiger partial charge in [-0.1, -0.05) is 12.1 Å². The van der Waals surface area contributed by atoms with Crippen molar-refractivity contribution in [2.75, 3.05) is 26.2 Å². The second-order valence-electron chi connectivity index (χ2n) is 5.65. The van der Waals surface area contributed by atoms with Crippen LogP contribution in [-0.4, -0.2) is 50.7 Å². The Labute approximate surface area is 127 Å². The van der Waals surface area contributed by atoms with Crippen molar-refractivity contribution in [3.05, 3.63) is 29.8 Å². The number of benzene rings is 1. The standard InChI is InChI=1S/C15H24N2O3S/c1-13(12-17-9-2-3-10-17)16-21(19,20)15-6-4-14(5-7-15)8-11-18/h4-7,13,16,18H,2-3,8-12H2,1H3. The van der Waals surface area contributed by atoms with Crippen LogP contribution in [0.3, 0.4) is 0 Å². The highest BCUT2D eigenvalue weighted by Gasteiger charge is 2.20. The Morgan fingerprint density at radius 2 is 1.86 bits per heavy atom. The molecule has 1 heterocycles. The Bertz CT molecular complexity index is 537. The molecule has 0 amide bonds. The van der Waals surface area contributed by atoms with E-state index in [1.54, 1.807) is 24.3 Å². The Balaban J connectivity index is 1.96. The maximum atomic E-state index is 12.3. The molecule has 1 atom stereocenters. The third kappa shape index (κ3) is 4.78. The van der Waals surface area contributed by atoms with Crippen LogP contribution in [0, 0.1) is 0 Å². The highest BCUT2D eigenvalue weighted by molar-refractivity contribution is 7.89. The number of aliphatic hydroxyl groups is 1. The largest absolute Gasteiger partial charge is 0.396 e. The van der Waals surface area contributed by atoms with E-state index in [9.17, 15) is 8.42 Å². The fourth-order valence-corrected chi connectivity index (χ4v) is 3.92. The zero-order chi connectivity index (χ0) is 15.3. The molecule has 1 fully saturated rings. The maximum Gasteiger partial charge on any atom is 0.240 e. The molecule has 2 N–H and O–H groups in total. The van der Waals surface area contributed by atoms with Gasteiger partial charge in [-0.15, -0.1) is 0 Å². The predicted octanol–water partition coefficient (Wildman–Crippen LogP) is 0.984. The second-order valence-corrected chi connectivity index (χ2v) is 7.36. The van der Waals surface area contributed by atoms with E-state index in [-0.39, 0.29) is 17.5 Å². The van der Waals surface area contributed by atoms with Crippen LogP contribution in [0.5, 0.6) is 0 Å². The van der Waals surface area contributed by atoms with Gasteiger partial charge in [0.15, 0.2) is 0 Å². The first-order valence-corrected chi connectivity index (χ1v) is 8.94. The van der Waals surface area contributed by atoms with E-state index in [0.717, 1.165) is 25.2 Å². The van der Waals surface area contributed by atoms with Crippen LogP contribution >= 0.6 is 0 Å². The fourth-order valence-electron chi connectivity index (χ4n) is 2.69. The first-order valence-electron chi connectivity index (χ1n) is 7.46. The molecule has 21 heavy (non-hydrogen) atoms. The second kappa shape index (κ2) is 7.35. The lowest BCUT2D eigenvalue weighted by Crippen LogP contribution is -2.41. The molecule has 1 aromatic rings. The third-order valence-electron chi connectivity index (χ3n) is 3.72. The molecule has 0 saturated carbocycles. The van der Waals surface area contributed by atoms with Gasteiger partial charge < -0.3 is 10.0 Å². The van der Waals surface area contributed by atoms with Crippen molar-refractivity contribution in [3.63, 3.8) is 0 Å². The average Bonchev–Trinajstić information content (AvgIpc) is 2.92. The number of aliphatic hydroxyl groups excluding tert-OH is 1. The van der Waals surface area contributed by atoms with Gasteiger partial charge in [0, 0.05) is 19.2 Å². The van der Waals surface area contributed by atoms with E-state index >= 15 is 0 Å². The van der Waals surface area contributed by atoms with Crippen molar-refractivity contribution in [2.24, 2.45) is 0 Å². The summed E-state index contributed by atoms with van der Waals surface area (Å²) in [5.74, 6) is 0.